The average molecular weight is 971 g/mol. The summed E-state index contributed by atoms with van der Waals surface area (Å²) in [6.07, 6.45) is 0. The lowest BCUT2D eigenvalue weighted by Crippen LogP contribution is -2.28. The molecule has 0 spiro atoms. The number of fused-ring (bicyclic) bond motifs is 6. The normalized spacial score (nSPS) is 12.3. The fraction of sp³-hybridized carbons (Fsp3) is 0.0137. The Morgan fingerprint density at radius 2 is 0.645 bits per heavy atom. The molecule has 76 heavy (non-hydrogen) atoms. The first-order valence-corrected chi connectivity index (χ1v) is 26.1. The van der Waals surface area contributed by atoms with Gasteiger partial charge < -0.3 is 14.2 Å². The number of nitrogens with zero attached hydrogens (tertiary/aromatic N) is 2. The third kappa shape index (κ3) is 7.60. The molecule has 0 N–H and O–H groups in total. The summed E-state index contributed by atoms with van der Waals surface area (Å²) in [4.78, 5) is 4.72. The van der Waals surface area contributed by atoms with Crippen molar-refractivity contribution in [1.29, 1.82) is 0 Å². The highest BCUT2D eigenvalue weighted by atomic mass is 16.3. The lowest BCUT2D eigenvalue weighted by atomic mass is 9.68. The second-order valence-corrected chi connectivity index (χ2v) is 19.6. The first-order valence-electron chi connectivity index (χ1n) is 26.1. The molecule has 0 amide bonds. The zero-order valence-electron chi connectivity index (χ0n) is 41.7. The fourth-order valence-electron chi connectivity index (χ4n) is 11.9. The van der Waals surface area contributed by atoms with Crippen LogP contribution in [0.4, 0.5) is 34.1 Å². The van der Waals surface area contributed by atoms with Gasteiger partial charge in [-0.15, -0.1) is 0 Å². The van der Waals surface area contributed by atoms with Crippen LogP contribution in [-0.4, -0.2) is 0 Å². The summed E-state index contributed by atoms with van der Waals surface area (Å²) >= 11 is 0. The van der Waals surface area contributed by atoms with Gasteiger partial charge in [-0.3, -0.25) is 0 Å². The molecule has 13 aromatic rings. The van der Waals surface area contributed by atoms with Gasteiger partial charge in [0, 0.05) is 44.9 Å². The van der Waals surface area contributed by atoms with Gasteiger partial charge in [0.1, 0.15) is 11.2 Å². The van der Waals surface area contributed by atoms with Crippen LogP contribution in [-0.2, 0) is 5.41 Å². The highest BCUT2D eigenvalue weighted by molar-refractivity contribution is 6.12. The highest BCUT2D eigenvalue weighted by Crippen LogP contribution is 2.57. The predicted molar refractivity (Wildman–Crippen MR) is 317 cm³/mol. The summed E-state index contributed by atoms with van der Waals surface area (Å²) in [5.41, 5.74) is 22.4. The Bertz CT molecular complexity index is 4130. The molecule has 0 saturated carbocycles. The van der Waals surface area contributed by atoms with Crippen molar-refractivity contribution in [2.45, 2.75) is 5.41 Å². The summed E-state index contributed by atoms with van der Waals surface area (Å²) in [7, 11) is 0. The molecule has 1 aliphatic carbocycles. The molecule has 3 nitrogen and oxygen atoms in total. The number of hydrogen-bond donors (Lipinski definition) is 0. The summed E-state index contributed by atoms with van der Waals surface area (Å²) in [5.74, 6) is 0. The smallest absolute Gasteiger partial charge is 0.136 e. The molecule has 0 unspecified atom stereocenters. The van der Waals surface area contributed by atoms with Crippen molar-refractivity contribution in [3.05, 3.63) is 326 Å². The maximum Gasteiger partial charge on any atom is 0.136 e. The fourth-order valence-corrected chi connectivity index (χ4v) is 11.9. The van der Waals surface area contributed by atoms with E-state index >= 15 is 0 Å². The molecule has 0 fully saturated rings. The van der Waals surface area contributed by atoms with Crippen molar-refractivity contribution >= 4 is 56.1 Å². The molecule has 0 atom stereocenters. The van der Waals surface area contributed by atoms with Gasteiger partial charge in [-0.05, 0) is 152 Å². The molecule has 358 valence electrons. The first-order chi connectivity index (χ1) is 37.7. The van der Waals surface area contributed by atoms with Gasteiger partial charge >= 0.3 is 0 Å². The van der Waals surface area contributed by atoms with Crippen molar-refractivity contribution in [3.8, 4) is 44.5 Å². The van der Waals surface area contributed by atoms with Crippen LogP contribution >= 0.6 is 0 Å². The van der Waals surface area contributed by atoms with Gasteiger partial charge in [0.15, 0.2) is 0 Å². The van der Waals surface area contributed by atoms with Crippen LogP contribution in [0.1, 0.15) is 22.3 Å². The number of benzene rings is 12. The Morgan fingerprint density at radius 1 is 0.250 bits per heavy atom. The molecular weight excluding hydrogens is 921 g/mol. The van der Waals surface area contributed by atoms with Gasteiger partial charge in [0.05, 0.1) is 5.41 Å². The minimum atomic E-state index is -0.455. The monoisotopic (exact) mass is 970 g/mol. The van der Waals surface area contributed by atoms with E-state index in [4.69, 9.17) is 4.42 Å². The molecule has 3 heteroatoms. The SMILES string of the molecule is c1ccc(-c2ccc(N(c3ccc(-c4ccc(N(c5ccccc5)c5ccc6c(c5)-c5ccccc5C6(c5ccccc5)c5ccccc5)cc4)cc3)c3ccc(-c4cccc5oc6ccccc6c45)cc3)cc2)cc1. The standard InChI is InChI=1S/C73H50N2O/c1-5-18-51(19-6-1)52-32-40-59(41-33-52)74(61-46-38-55(39-47-61)64-28-17-31-71-72(64)66-27-14-16-30-70(66)76-71)60-42-34-53(35-43-60)54-36-44-62(45-37-54)75(58-24-11-4-12-25-58)63-48-49-69-67(50-63)65-26-13-15-29-68(65)73(69,56-20-7-2-8-21-56)57-22-9-3-10-23-57/h1-50H. The summed E-state index contributed by atoms with van der Waals surface area (Å²) < 4.78 is 6.27. The van der Waals surface area contributed by atoms with E-state index in [9.17, 15) is 0 Å². The van der Waals surface area contributed by atoms with E-state index in [1.807, 2.05) is 12.1 Å². The van der Waals surface area contributed by atoms with E-state index in [-0.39, 0.29) is 0 Å². The number of furan rings is 1. The van der Waals surface area contributed by atoms with Crippen molar-refractivity contribution in [2.24, 2.45) is 0 Å². The minimum Gasteiger partial charge on any atom is -0.456 e. The van der Waals surface area contributed by atoms with Crippen molar-refractivity contribution in [2.75, 3.05) is 9.80 Å². The van der Waals surface area contributed by atoms with Gasteiger partial charge in [0.25, 0.3) is 0 Å². The molecule has 0 bridgehead atoms. The van der Waals surface area contributed by atoms with Gasteiger partial charge in [-0.1, -0.05) is 218 Å². The second-order valence-electron chi connectivity index (χ2n) is 19.6. The molecular formula is C73H50N2O. The zero-order valence-corrected chi connectivity index (χ0v) is 41.7. The largest absolute Gasteiger partial charge is 0.456 e. The molecule has 1 aliphatic rings. The van der Waals surface area contributed by atoms with Crippen LogP contribution in [0.5, 0.6) is 0 Å². The molecule has 12 aromatic carbocycles. The number of rotatable bonds is 11. The molecule has 0 saturated heterocycles. The molecule has 1 heterocycles. The van der Waals surface area contributed by atoms with Gasteiger partial charge in [0.2, 0.25) is 0 Å². The topological polar surface area (TPSA) is 19.6 Å². The predicted octanol–water partition coefficient (Wildman–Crippen LogP) is 19.9. The Morgan fingerprint density at radius 3 is 1.22 bits per heavy atom. The first kappa shape index (κ1) is 44.7. The van der Waals surface area contributed by atoms with Gasteiger partial charge in [-0.25, -0.2) is 0 Å². The Hall–Kier alpha value is -9.96. The van der Waals surface area contributed by atoms with Crippen LogP contribution in [0.3, 0.4) is 0 Å². The highest BCUT2D eigenvalue weighted by Gasteiger charge is 2.46. The van der Waals surface area contributed by atoms with E-state index < -0.39 is 5.41 Å². The van der Waals surface area contributed by atoms with E-state index in [0.717, 1.165) is 78.3 Å². The number of hydrogen-bond acceptors (Lipinski definition) is 3. The molecule has 0 aliphatic heterocycles. The van der Waals surface area contributed by atoms with Crippen molar-refractivity contribution in [3.63, 3.8) is 0 Å². The molecule has 0 radical (unpaired) electrons. The van der Waals surface area contributed by atoms with E-state index in [1.165, 1.54) is 44.5 Å². The van der Waals surface area contributed by atoms with E-state index in [1.54, 1.807) is 0 Å². The maximum atomic E-state index is 6.27. The number of para-hydroxylation sites is 2. The summed E-state index contributed by atoms with van der Waals surface area (Å²) in [6, 6.07) is 110. The molecule has 1 aromatic heterocycles. The van der Waals surface area contributed by atoms with Crippen LogP contribution in [0.15, 0.2) is 308 Å². The second kappa shape index (κ2) is 18.8. The van der Waals surface area contributed by atoms with Gasteiger partial charge in [-0.2, -0.15) is 0 Å². The average Bonchev–Trinajstić information content (AvgIpc) is 4.21. The Balaban J connectivity index is 0.811. The van der Waals surface area contributed by atoms with Crippen LogP contribution in [0.25, 0.3) is 66.4 Å². The zero-order chi connectivity index (χ0) is 50.4. The van der Waals surface area contributed by atoms with Crippen LogP contribution in [0, 0.1) is 0 Å². The Labute approximate surface area is 443 Å². The van der Waals surface area contributed by atoms with Crippen LogP contribution in [0.2, 0.25) is 0 Å². The van der Waals surface area contributed by atoms with Crippen molar-refractivity contribution in [1.82, 2.24) is 0 Å². The molecule has 14 rings (SSSR count). The van der Waals surface area contributed by atoms with E-state index in [2.05, 4.69) is 301 Å². The summed E-state index contributed by atoms with van der Waals surface area (Å²) in [6.45, 7) is 0. The Kier molecular flexibility index (Phi) is 11.1. The maximum absolute atomic E-state index is 6.27. The summed E-state index contributed by atoms with van der Waals surface area (Å²) in [5, 5.41) is 2.26. The quantitative estimate of drug-likeness (QED) is 0.129. The van der Waals surface area contributed by atoms with E-state index in [0.29, 0.717) is 0 Å². The lowest BCUT2D eigenvalue weighted by molar-refractivity contribution is 0.669. The number of anilines is 6. The minimum absolute atomic E-state index is 0.455. The third-order valence-corrected chi connectivity index (χ3v) is 15.4. The third-order valence-electron chi connectivity index (χ3n) is 15.4. The lowest BCUT2D eigenvalue weighted by Gasteiger charge is -2.34. The van der Waals surface area contributed by atoms with Crippen molar-refractivity contribution < 1.29 is 4.42 Å². The van der Waals surface area contributed by atoms with Crippen LogP contribution < -0.4 is 9.80 Å².